The number of benzene rings is 3. The topological polar surface area (TPSA) is 62.3 Å². The van der Waals surface area contributed by atoms with Gasteiger partial charge in [0.2, 0.25) is 5.91 Å². The van der Waals surface area contributed by atoms with E-state index >= 15 is 0 Å². The molecule has 1 aromatic heterocycles. The standard InChI is InChI=1S/C24H19N3O2S/c28-22-9-4-14-27(22)19-6-3-5-17(15-19)23(29)25-18-12-10-16(11-13-18)24-26-20-7-1-2-8-21(20)30-24/h1-3,5-8,10-13,15H,4,9,14H2,(H,25,29). The van der Waals surface area contributed by atoms with Crippen molar-refractivity contribution in [1.82, 2.24) is 4.98 Å². The Morgan fingerprint density at radius 2 is 1.83 bits per heavy atom. The van der Waals surface area contributed by atoms with Gasteiger partial charge < -0.3 is 10.2 Å². The molecule has 5 nitrogen and oxygen atoms in total. The second-order valence-electron chi connectivity index (χ2n) is 7.22. The Hall–Kier alpha value is -3.51. The lowest BCUT2D eigenvalue weighted by Crippen LogP contribution is -2.24. The summed E-state index contributed by atoms with van der Waals surface area (Å²) in [5.41, 5.74) is 4.03. The van der Waals surface area contributed by atoms with Crippen molar-refractivity contribution in [1.29, 1.82) is 0 Å². The number of aromatic nitrogens is 1. The fourth-order valence-electron chi connectivity index (χ4n) is 3.63. The van der Waals surface area contributed by atoms with Gasteiger partial charge in [-0.25, -0.2) is 4.98 Å². The predicted molar refractivity (Wildman–Crippen MR) is 121 cm³/mol. The summed E-state index contributed by atoms with van der Waals surface area (Å²) in [7, 11) is 0. The molecule has 0 bridgehead atoms. The normalized spacial score (nSPS) is 13.7. The number of amides is 2. The third kappa shape index (κ3) is 3.57. The van der Waals surface area contributed by atoms with Crippen LogP contribution >= 0.6 is 11.3 Å². The van der Waals surface area contributed by atoms with Crippen molar-refractivity contribution in [2.45, 2.75) is 12.8 Å². The number of para-hydroxylation sites is 1. The second-order valence-corrected chi connectivity index (χ2v) is 8.25. The minimum atomic E-state index is -0.198. The van der Waals surface area contributed by atoms with Gasteiger partial charge in [-0.15, -0.1) is 11.3 Å². The van der Waals surface area contributed by atoms with Crippen LogP contribution in [-0.4, -0.2) is 23.3 Å². The molecule has 0 radical (unpaired) electrons. The molecule has 30 heavy (non-hydrogen) atoms. The van der Waals surface area contributed by atoms with Gasteiger partial charge >= 0.3 is 0 Å². The molecule has 1 N–H and O–H groups in total. The van der Waals surface area contributed by atoms with Crippen molar-refractivity contribution < 1.29 is 9.59 Å². The van der Waals surface area contributed by atoms with Gasteiger partial charge in [-0.2, -0.15) is 0 Å². The van der Waals surface area contributed by atoms with E-state index in [1.807, 2.05) is 54.6 Å². The van der Waals surface area contributed by atoms with E-state index in [1.54, 1.807) is 28.4 Å². The Bertz CT molecular complexity index is 1210. The molecule has 5 rings (SSSR count). The molecule has 1 aliphatic rings. The van der Waals surface area contributed by atoms with Gasteiger partial charge in [0, 0.05) is 35.5 Å². The van der Waals surface area contributed by atoms with Crippen molar-refractivity contribution in [2.75, 3.05) is 16.8 Å². The maximum Gasteiger partial charge on any atom is 0.255 e. The SMILES string of the molecule is O=C(Nc1ccc(-c2nc3ccccc3s2)cc1)c1cccc(N2CCCC2=O)c1. The highest BCUT2D eigenvalue weighted by molar-refractivity contribution is 7.21. The van der Waals surface area contributed by atoms with Crippen molar-refractivity contribution >= 4 is 44.7 Å². The number of rotatable bonds is 4. The largest absolute Gasteiger partial charge is 0.322 e. The van der Waals surface area contributed by atoms with Crippen LogP contribution in [0.2, 0.25) is 0 Å². The average molecular weight is 414 g/mol. The second kappa shape index (κ2) is 7.72. The highest BCUT2D eigenvalue weighted by Gasteiger charge is 2.22. The number of nitrogens with zero attached hydrogens (tertiary/aromatic N) is 2. The van der Waals surface area contributed by atoms with Gasteiger partial charge in [-0.1, -0.05) is 18.2 Å². The first-order chi connectivity index (χ1) is 14.7. The summed E-state index contributed by atoms with van der Waals surface area (Å²) in [6.07, 6.45) is 1.42. The number of carbonyl (C=O) groups excluding carboxylic acids is 2. The van der Waals surface area contributed by atoms with E-state index in [2.05, 4.69) is 16.4 Å². The van der Waals surface area contributed by atoms with Crippen LogP contribution in [0.3, 0.4) is 0 Å². The summed E-state index contributed by atoms with van der Waals surface area (Å²) in [4.78, 5) is 31.1. The first-order valence-electron chi connectivity index (χ1n) is 9.85. The maximum atomic E-state index is 12.7. The zero-order valence-electron chi connectivity index (χ0n) is 16.2. The van der Waals surface area contributed by atoms with E-state index in [-0.39, 0.29) is 11.8 Å². The first-order valence-corrected chi connectivity index (χ1v) is 10.7. The first kappa shape index (κ1) is 18.5. The van der Waals surface area contributed by atoms with Crippen LogP contribution in [-0.2, 0) is 4.79 Å². The number of hydrogen-bond acceptors (Lipinski definition) is 4. The van der Waals surface area contributed by atoms with E-state index in [0.717, 1.165) is 32.9 Å². The lowest BCUT2D eigenvalue weighted by atomic mass is 10.1. The molecule has 2 heterocycles. The number of fused-ring (bicyclic) bond motifs is 1. The molecule has 1 aliphatic heterocycles. The minimum absolute atomic E-state index is 0.109. The number of carbonyl (C=O) groups is 2. The summed E-state index contributed by atoms with van der Waals surface area (Å²) in [6.45, 7) is 0.705. The Kier molecular flexibility index (Phi) is 4.77. The lowest BCUT2D eigenvalue weighted by molar-refractivity contribution is -0.117. The highest BCUT2D eigenvalue weighted by Crippen LogP contribution is 2.30. The van der Waals surface area contributed by atoms with E-state index in [0.29, 0.717) is 24.2 Å². The monoisotopic (exact) mass is 413 g/mol. The third-order valence-corrected chi connectivity index (χ3v) is 6.26. The molecule has 1 fully saturated rings. The van der Waals surface area contributed by atoms with Crippen LogP contribution in [0.15, 0.2) is 72.8 Å². The number of nitrogens with one attached hydrogen (secondary N) is 1. The summed E-state index contributed by atoms with van der Waals surface area (Å²) < 4.78 is 1.15. The summed E-state index contributed by atoms with van der Waals surface area (Å²) in [5.74, 6) is -0.0887. The summed E-state index contributed by atoms with van der Waals surface area (Å²) in [5, 5.41) is 3.89. The molecule has 1 saturated heterocycles. The van der Waals surface area contributed by atoms with Crippen molar-refractivity contribution in [2.24, 2.45) is 0 Å². The molecule has 3 aromatic carbocycles. The molecule has 6 heteroatoms. The molecular formula is C24H19N3O2S. The Morgan fingerprint density at radius 3 is 2.60 bits per heavy atom. The van der Waals surface area contributed by atoms with Crippen LogP contribution in [0.4, 0.5) is 11.4 Å². The quantitative estimate of drug-likeness (QED) is 0.491. The average Bonchev–Trinajstić information content (AvgIpc) is 3.40. The molecule has 0 aliphatic carbocycles. The fraction of sp³-hybridized carbons (Fsp3) is 0.125. The third-order valence-electron chi connectivity index (χ3n) is 5.18. The highest BCUT2D eigenvalue weighted by atomic mass is 32.1. The zero-order chi connectivity index (χ0) is 20.5. The summed E-state index contributed by atoms with van der Waals surface area (Å²) in [6, 6.07) is 23.0. The molecular weight excluding hydrogens is 394 g/mol. The van der Waals surface area contributed by atoms with Crippen molar-refractivity contribution in [3.8, 4) is 10.6 Å². The van der Waals surface area contributed by atoms with Crippen LogP contribution in [0.5, 0.6) is 0 Å². The molecule has 0 atom stereocenters. The van der Waals surface area contributed by atoms with Crippen LogP contribution in [0, 0.1) is 0 Å². The van der Waals surface area contributed by atoms with Crippen LogP contribution < -0.4 is 10.2 Å². The Labute approximate surface area is 178 Å². The van der Waals surface area contributed by atoms with E-state index in [4.69, 9.17) is 0 Å². The van der Waals surface area contributed by atoms with Crippen molar-refractivity contribution in [3.05, 3.63) is 78.4 Å². The number of thiazole rings is 1. The molecule has 148 valence electrons. The number of anilines is 2. The molecule has 4 aromatic rings. The van der Waals surface area contributed by atoms with Gasteiger partial charge in [0.1, 0.15) is 5.01 Å². The van der Waals surface area contributed by atoms with Gasteiger partial charge in [0.25, 0.3) is 5.91 Å². The van der Waals surface area contributed by atoms with Crippen molar-refractivity contribution in [3.63, 3.8) is 0 Å². The van der Waals surface area contributed by atoms with E-state index < -0.39 is 0 Å². The zero-order valence-corrected chi connectivity index (χ0v) is 17.0. The predicted octanol–water partition coefficient (Wildman–Crippen LogP) is 5.34. The van der Waals surface area contributed by atoms with Crippen LogP contribution in [0.1, 0.15) is 23.2 Å². The summed E-state index contributed by atoms with van der Waals surface area (Å²) >= 11 is 1.65. The minimum Gasteiger partial charge on any atom is -0.322 e. The molecule has 0 spiro atoms. The van der Waals surface area contributed by atoms with Gasteiger partial charge in [-0.3, -0.25) is 9.59 Å². The molecule has 2 amide bonds. The van der Waals surface area contributed by atoms with Gasteiger partial charge in [-0.05, 0) is 61.0 Å². The lowest BCUT2D eigenvalue weighted by Gasteiger charge is -2.16. The smallest absolute Gasteiger partial charge is 0.255 e. The Morgan fingerprint density at radius 1 is 1.00 bits per heavy atom. The number of hydrogen-bond donors (Lipinski definition) is 1. The van der Waals surface area contributed by atoms with Gasteiger partial charge in [0.15, 0.2) is 0 Å². The Balaban J connectivity index is 1.32. The van der Waals surface area contributed by atoms with Gasteiger partial charge in [0.05, 0.1) is 10.2 Å². The molecule has 0 unspecified atom stereocenters. The maximum absolute atomic E-state index is 12.7. The van der Waals surface area contributed by atoms with E-state index in [9.17, 15) is 9.59 Å². The van der Waals surface area contributed by atoms with E-state index in [1.165, 1.54) is 0 Å². The molecule has 0 saturated carbocycles. The van der Waals surface area contributed by atoms with Crippen LogP contribution in [0.25, 0.3) is 20.8 Å². The fourth-order valence-corrected chi connectivity index (χ4v) is 4.60.